The number of aliphatic hydroxyl groups excluding tert-OH is 1. The molecule has 18 heavy (non-hydrogen) atoms. The van der Waals surface area contributed by atoms with Gasteiger partial charge < -0.3 is 16.2 Å². The minimum atomic E-state index is 0.0531. The van der Waals surface area contributed by atoms with Crippen molar-refractivity contribution in [1.82, 2.24) is 20.2 Å². The molecule has 0 aromatic carbocycles. The Morgan fingerprint density at radius 2 is 2.33 bits per heavy atom. The SMILES string of the molecule is CSC(CO)C(C)Nc1nc(N)nc2[nH]ncc12. The number of nitrogens with two attached hydrogens (primary N) is 1. The second-order valence-corrected chi connectivity index (χ2v) is 5.03. The molecule has 8 heteroatoms. The minimum absolute atomic E-state index is 0.0531. The average molecular weight is 268 g/mol. The van der Waals surface area contributed by atoms with Crippen LogP contribution in [0.5, 0.6) is 0 Å². The van der Waals surface area contributed by atoms with Gasteiger partial charge in [-0.25, -0.2) is 0 Å². The molecule has 98 valence electrons. The monoisotopic (exact) mass is 268 g/mol. The maximum atomic E-state index is 9.27. The maximum absolute atomic E-state index is 9.27. The summed E-state index contributed by atoms with van der Waals surface area (Å²) >= 11 is 1.60. The first-order valence-corrected chi connectivity index (χ1v) is 6.81. The van der Waals surface area contributed by atoms with E-state index in [0.29, 0.717) is 11.5 Å². The summed E-state index contributed by atoms with van der Waals surface area (Å²) in [6, 6.07) is 0.0531. The summed E-state index contributed by atoms with van der Waals surface area (Å²) < 4.78 is 0. The first kappa shape index (κ1) is 12.9. The zero-order chi connectivity index (χ0) is 13.1. The van der Waals surface area contributed by atoms with Crippen molar-refractivity contribution in [3.05, 3.63) is 6.20 Å². The second kappa shape index (κ2) is 5.40. The van der Waals surface area contributed by atoms with Crippen molar-refractivity contribution in [2.45, 2.75) is 18.2 Å². The van der Waals surface area contributed by atoms with E-state index < -0.39 is 0 Å². The Hall–Kier alpha value is -1.54. The Balaban J connectivity index is 2.28. The number of aromatic nitrogens is 4. The van der Waals surface area contributed by atoms with Crippen LogP contribution >= 0.6 is 11.8 Å². The summed E-state index contributed by atoms with van der Waals surface area (Å²) in [6.07, 6.45) is 3.61. The van der Waals surface area contributed by atoms with Crippen molar-refractivity contribution in [3.63, 3.8) is 0 Å². The molecule has 2 unspecified atom stereocenters. The number of aliphatic hydroxyl groups is 1. The number of hydrogen-bond donors (Lipinski definition) is 4. The van der Waals surface area contributed by atoms with Gasteiger partial charge in [-0.15, -0.1) is 0 Å². The van der Waals surface area contributed by atoms with Gasteiger partial charge in [0, 0.05) is 11.3 Å². The van der Waals surface area contributed by atoms with E-state index in [1.165, 1.54) is 0 Å². The van der Waals surface area contributed by atoms with Crippen molar-refractivity contribution in [2.24, 2.45) is 0 Å². The molecule has 0 bridgehead atoms. The predicted octanol–water partition coefficient (Wildman–Crippen LogP) is 0.459. The van der Waals surface area contributed by atoms with E-state index in [1.54, 1.807) is 18.0 Å². The molecule has 0 saturated heterocycles. The standard InChI is InChI=1S/C10H16N6OS/c1-5(7(4-17)18-2)13-8-6-3-12-16-9(6)15-10(11)14-8/h3,5,7,17H,4H2,1-2H3,(H4,11,12,13,14,15,16). The fourth-order valence-corrected chi connectivity index (χ4v) is 2.33. The maximum Gasteiger partial charge on any atom is 0.224 e. The van der Waals surface area contributed by atoms with Gasteiger partial charge >= 0.3 is 0 Å². The van der Waals surface area contributed by atoms with Crippen LogP contribution in [0.4, 0.5) is 11.8 Å². The Morgan fingerprint density at radius 3 is 3.00 bits per heavy atom. The van der Waals surface area contributed by atoms with Gasteiger partial charge in [0.1, 0.15) is 5.82 Å². The van der Waals surface area contributed by atoms with Crippen molar-refractivity contribution >= 4 is 34.6 Å². The number of anilines is 2. The van der Waals surface area contributed by atoms with Crippen LogP contribution in [0.1, 0.15) is 6.92 Å². The van der Waals surface area contributed by atoms with E-state index in [1.807, 2.05) is 13.2 Å². The molecule has 0 radical (unpaired) electrons. The highest BCUT2D eigenvalue weighted by molar-refractivity contribution is 7.99. The molecule has 0 amide bonds. The number of aromatic amines is 1. The summed E-state index contributed by atoms with van der Waals surface area (Å²) in [5.74, 6) is 0.817. The molecule has 5 N–H and O–H groups in total. The Morgan fingerprint density at radius 1 is 1.56 bits per heavy atom. The highest BCUT2D eigenvalue weighted by atomic mass is 32.2. The number of hydrogen-bond acceptors (Lipinski definition) is 7. The molecule has 0 saturated carbocycles. The lowest BCUT2D eigenvalue weighted by Gasteiger charge is -2.22. The quantitative estimate of drug-likeness (QED) is 0.623. The Bertz CT molecular complexity index is 526. The number of nitrogen functional groups attached to an aromatic ring is 1. The number of fused-ring (bicyclic) bond motifs is 1. The van der Waals surface area contributed by atoms with Gasteiger partial charge in [0.05, 0.1) is 18.2 Å². The summed E-state index contributed by atoms with van der Waals surface area (Å²) in [4.78, 5) is 8.21. The highest BCUT2D eigenvalue weighted by Gasteiger charge is 2.17. The molecule has 2 heterocycles. The smallest absolute Gasteiger partial charge is 0.224 e. The van der Waals surface area contributed by atoms with Gasteiger partial charge in [-0.3, -0.25) is 5.10 Å². The van der Waals surface area contributed by atoms with Crippen LogP contribution in [0.2, 0.25) is 0 Å². The first-order valence-electron chi connectivity index (χ1n) is 5.52. The topological polar surface area (TPSA) is 113 Å². The Labute approximate surface area is 109 Å². The van der Waals surface area contributed by atoms with Gasteiger partial charge in [0.15, 0.2) is 5.65 Å². The molecule has 7 nitrogen and oxygen atoms in total. The fraction of sp³-hybridized carbons (Fsp3) is 0.500. The van der Waals surface area contributed by atoms with Crippen molar-refractivity contribution in [1.29, 1.82) is 0 Å². The third-order valence-corrected chi connectivity index (χ3v) is 3.89. The molecule has 0 aliphatic carbocycles. The number of nitrogens with one attached hydrogen (secondary N) is 2. The van der Waals surface area contributed by atoms with E-state index in [2.05, 4.69) is 25.5 Å². The molecule has 2 aromatic heterocycles. The number of rotatable bonds is 5. The number of H-pyrrole nitrogens is 1. The summed E-state index contributed by atoms with van der Waals surface area (Å²) in [5, 5.41) is 20.1. The van der Waals surface area contributed by atoms with Crippen molar-refractivity contribution in [3.8, 4) is 0 Å². The number of nitrogens with zero attached hydrogens (tertiary/aromatic N) is 3. The zero-order valence-corrected chi connectivity index (χ0v) is 11.0. The zero-order valence-electron chi connectivity index (χ0n) is 10.2. The summed E-state index contributed by atoms with van der Waals surface area (Å²) in [7, 11) is 0. The van der Waals surface area contributed by atoms with Crippen LogP contribution in [0, 0.1) is 0 Å². The lowest BCUT2D eigenvalue weighted by Crippen LogP contribution is -2.31. The van der Waals surface area contributed by atoms with Crippen molar-refractivity contribution in [2.75, 3.05) is 23.9 Å². The van der Waals surface area contributed by atoms with Gasteiger partial charge in [-0.1, -0.05) is 0 Å². The minimum Gasteiger partial charge on any atom is -0.395 e. The molecule has 2 aromatic rings. The summed E-state index contributed by atoms with van der Waals surface area (Å²) in [6.45, 7) is 2.09. The third kappa shape index (κ3) is 2.49. The van der Waals surface area contributed by atoms with Crippen LogP contribution in [0.25, 0.3) is 11.0 Å². The lowest BCUT2D eigenvalue weighted by molar-refractivity contribution is 0.288. The van der Waals surface area contributed by atoms with Crippen LogP contribution in [0.3, 0.4) is 0 Å². The molecular weight excluding hydrogens is 252 g/mol. The van der Waals surface area contributed by atoms with Gasteiger partial charge in [0.2, 0.25) is 5.95 Å². The average Bonchev–Trinajstić information content (AvgIpc) is 2.78. The van der Waals surface area contributed by atoms with Gasteiger partial charge in [-0.2, -0.15) is 26.8 Å². The molecule has 2 atom stereocenters. The third-order valence-electron chi connectivity index (χ3n) is 2.73. The molecule has 0 aliphatic heterocycles. The van der Waals surface area contributed by atoms with E-state index in [-0.39, 0.29) is 23.8 Å². The second-order valence-electron chi connectivity index (χ2n) is 3.95. The van der Waals surface area contributed by atoms with Crippen LogP contribution < -0.4 is 11.1 Å². The fourth-order valence-electron chi connectivity index (χ4n) is 1.71. The van der Waals surface area contributed by atoms with Crippen molar-refractivity contribution < 1.29 is 5.11 Å². The van der Waals surface area contributed by atoms with Crippen LogP contribution in [0.15, 0.2) is 6.20 Å². The molecular formula is C10H16N6OS. The Kier molecular flexibility index (Phi) is 3.87. The predicted molar refractivity (Wildman–Crippen MR) is 73.6 cm³/mol. The molecule has 0 spiro atoms. The normalized spacial score (nSPS) is 14.6. The van der Waals surface area contributed by atoms with Gasteiger partial charge in [-0.05, 0) is 13.2 Å². The van der Waals surface area contributed by atoms with Crippen LogP contribution in [-0.2, 0) is 0 Å². The molecule has 2 rings (SSSR count). The first-order chi connectivity index (χ1) is 8.65. The van der Waals surface area contributed by atoms with E-state index in [9.17, 15) is 5.11 Å². The van der Waals surface area contributed by atoms with Crippen LogP contribution in [-0.4, -0.2) is 49.4 Å². The van der Waals surface area contributed by atoms with Gasteiger partial charge in [0.25, 0.3) is 0 Å². The van der Waals surface area contributed by atoms with E-state index in [0.717, 1.165) is 5.39 Å². The summed E-state index contributed by atoms with van der Waals surface area (Å²) in [5.41, 5.74) is 6.24. The van der Waals surface area contributed by atoms with E-state index >= 15 is 0 Å². The lowest BCUT2D eigenvalue weighted by atomic mass is 10.2. The molecule has 0 fully saturated rings. The number of thioether (sulfide) groups is 1. The largest absolute Gasteiger partial charge is 0.395 e. The highest BCUT2D eigenvalue weighted by Crippen LogP contribution is 2.21. The van der Waals surface area contributed by atoms with E-state index in [4.69, 9.17) is 5.73 Å². The molecule has 0 aliphatic rings.